The molecule has 1 aromatic rings. The van der Waals surface area contributed by atoms with Gasteiger partial charge in [-0.05, 0) is 50.9 Å². The summed E-state index contributed by atoms with van der Waals surface area (Å²) < 4.78 is 44.2. The van der Waals surface area contributed by atoms with Crippen LogP contribution >= 0.6 is 0 Å². The molecule has 2 bridgehead atoms. The van der Waals surface area contributed by atoms with E-state index in [1.807, 2.05) is 6.07 Å². The number of nitrogens with zero attached hydrogens (tertiary/aromatic N) is 1. The average molecular weight is 425 g/mol. The molecule has 5 rings (SSSR count). The first-order chi connectivity index (χ1) is 13.7. The maximum Gasteiger partial charge on any atom is 0.266 e. The molecular weight excluding hydrogens is 396 g/mol. The van der Waals surface area contributed by atoms with Gasteiger partial charge >= 0.3 is 0 Å². The van der Waals surface area contributed by atoms with Crippen molar-refractivity contribution in [2.75, 3.05) is 33.0 Å². The number of nitrogens with one attached hydrogen (secondary N) is 1. The molecule has 2 aliphatic carbocycles. The Morgan fingerprint density at radius 1 is 1.38 bits per heavy atom. The molecule has 4 aliphatic rings. The lowest BCUT2D eigenvalue weighted by Crippen LogP contribution is -2.78. The van der Waals surface area contributed by atoms with Gasteiger partial charge < -0.3 is 24.8 Å². The number of phenolic OH excluding ortho intramolecular Hbond substituents is 1. The van der Waals surface area contributed by atoms with Gasteiger partial charge in [-0.1, -0.05) is 6.07 Å². The van der Waals surface area contributed by atoms with Crippen LogP contribution in [0, 0.1) is 0 Å². The van der Waals surface area contributed by atoms with E-state index in [9.17, 15) is 13.5 Å². The number of phenols is 1. The van der Waals surface area contributed by atoms with E-state index >= 15 is 0 Å². The fraction of sp³-hybridized carbons (Fsp3) is 0.700. The summed E-state index contributed by atoms with van der Waals surface area (Å²) in [5, 5.41) is 13.9. The van der Waals surface area contributed by atoms with E-state index < -0.39 is 21.1 Å². The number of benzene rings is 1. The Morgan fingerprint density at radius 3 is 2.90 bits per heavy atom. The minimum atomic E-state index is -4.03. The summed E-state index contributed by atoms with van der Waals surface area (Å²) in [6.07, 6.45) is 3.01. The van der Waals surface area contributed by atoms with Crippen LogP contribution in [0.25, 0.3) is 0 Å². The average Bonchev–Trinajstić information content (AvgIpc) is 3.02. The van der Waals surface area contributed by atoms with Crippen LogP contribution in [-0.2, 0) is 26.7 Å². The molecule has 1 saturated carbocycles. The van der Waals surface area contributed by atoms with E-state index in [1.54, 1.807) is 13.2 Å². The van der Waals surface area contributed by atoms with Gasteiger partial charge in [0.25, 0.3) is 10.1 Å². The van der Waals surface area contributed by atoms with Gasteiger partial charge in [-0.3, -0.25) is 4.55 Å². The van der Waals surface area contributed by atoms with Crippen LogP contribution in [0.4, 0.5) is 0 Å². The number of likely N-dealkylation sites (tertiary alicyclic amines) is 1. The standard InChI is InChI=1S/C20H28N2O6S/c1-22-9-7-19-16-12-3-4-14(23)17(16)28-18(19)13(21-8-10-29(24,25)26)5-6-20(19,27-2)15(22)11-12/h3-4,13,15,18,21,23H,5-11H2,1-2H3,(H,24,25,26)/t13-,15?,18+,19?,20-/m1/s1. The normalized spacial score (nSPS) is 37.8. The molecule has 1 saturated heterocycles. The third-order valence-corrected chi connectivity index (χ3v) is 8.54. The van der Waals surface area contributed by atoms with Crippen molar-refractivity contribution in [3.8, 4) is 11.5 Å². The first kappa shape index (κ1) is 19.6. The van der Waals surface area contributed by atoms with Gasteiger partial charge in [0.1, 0.15) is 6.10 Å². The van der Waals surface area contributed by atoms with Gasteiger partial charge in [0.05, 0.1) is 16.8 Å². The molecular formula is C20H28N2O6S. The molecule has 8 nitrogen and oxygen atoms in total. The lowest BCUT2D eigenvalue weighted by Gasteiger charge is -2.65. The summed E-state index contributed by atoms with van der Waals surface area (Å²) in [7, 11) is -0.105. The number of aromatic hydroxyl groups is 1. The lowest BCUT2D eigenvalue weighted by atomic mass is 9.48. The highest BCUT2D eigenvalue weighted by Crippen LogP contribution is 2.66. The second kappa shape index (κ2) is 6.31. The number of ether oxygens (including phenoxy) is 2. The SMILES string of the molecule is CO[C@@]12CC[C@@H](NCCS(=O)(=O)O)[C@@H]3Oc4c(O)ccc5c4C31CCN(C)C2C5. The van der Waals surface area contributed by atoms with Gasteiger partial charge in [0.15, 0.2) is 11.5 Å². The Hall–Kier alpha value is -1.39. The summed E-state index contributed by atoms with van der Waals surface area (Å²) in [6, 6.07) is 3.83. The van der Waals surface area contributed by atoms with E-state index in [1.165, 1.54) is 5.56 Å². The third kappa shape index (κ3) is 2.48. The third-order valence-electron chi connectivity index (χ3n) is 7.82. The predicted octanol–water partition coefficient (Wildman–Crippen LogP) is 0.676. The van der Waals surface area contributed by atoms with Gasteiger partial charge in [0.2, 0.25) is 0 Å². The van der Waals surface area contributed by atoms with Gasteiger partial charge in [-0.2, -0.15) is 8.42 Å². The fourth-order valence-electron chi connectivity index (χ4n) is 6.72. The predicted molar refractivity (Wildman–Crippen MR) is 106 cm³/mol. The molecule has 2 fully saturated rings. The van der Waals surface area contributed by atoms with Crippen molar-refractivity contribution in [3.05, 3.63) is 23.3 Å². The summed E-state index contributed by atoms with van der Waals surface area (Å²) in [6.45, 7) is 1.06. The Labute approximate surface area is 170 Å². The van der Waals surface area contributed by atoms with Crippen LogP contribution in [0.3, 0.4) is 0 Å². The van der Waals surface area contributed by atoms with Crippen molar-refractivity contribution in [1.82, 2.24) is 10.2 Å². The van der Waals surface area contributed by atoms with E-state index in [2.05, 4.69) is 17.3 Å². The van der Waals surface area contributed by atoms with Crippen molar-refractivity contribution >= 4 is 10.1 Å². The Kier molecular flexibility index (Phi) is 4.25. The topological polar surface area (TPSA) is 108 Å². The molecule has 160 valence electrons. The number of methoxy groups -OCH3 is 1. The second-order valence-corrected chi connectivity index (χ2v) is 10.5. The zero-order valence-corrected chi connectivity index (χ0v) is 17.5. The Balaban J connectivity index is 1.61. The maximum atomic E-state index is 11.2. The summed E-state index contributed by atoms with van der Waals surface area (Å²) in [5.74, 6) is 0.361. The number of hydrogen-bond donors (Lipinski definition) is 3. The van der Waals surface area contributed by atoms with Crippen molar-refractivity contribution in [3.63, 3.8) is 0 Å². The monoisotopic (exact) mass is 424 g/mol. The number of rotatable bonds is 5. The first-order valence-electron chi connectivity index (χ1n) is 10.2. The number of hydrogen-bond acceptors (Lipinski definition) is 7. The number of likely N-dealkylation sites (N-methyl/N-ethyl adjacent to an activating group) is 1. The molecule has 1 aromatic carbocycles. The van der Waals surface area contributed by atoms with Gasteiger partial charge in [-0.15, -0.1) is 0 Å². The van der Waals surface area contributed by atoms with E-state index in [4.69, 9.17) is 14.0 Å². The van der Waals surface area contributed by atoms with Crippen molar-refractivity contribution in [2.45, 2.75) is 54.9 Å². The lowest BCUT2D eigenvalue weighted by molar-refractivity contribution is -0.203. The summed E-state index contributed by atoms with van der Waals surface area (Å²) in [5.41, 5.74) is 1.46. The zero-order chi connectivity index (χ0) is 20.6. The summed E-state index contributed by atoms with van der Waals surface area (Å²) in [4.78, 5) is 2.38. The molecule has 5 atom stereocenters. The Morgan fingerprint density at radius 2 is 2.17 bits per heavy atom. The van der Waals surface area contributed by atoms with E-state index in [0.717, 1.165) is 37.8 Å². The molecule has 2 unspecified atom stereocenters. The fourth-order valence-corrected chi connectivity index (χ4v) is 7.10. The quantitative estimate of drug-likeness (QED) is 0.592. The van der Waals surface area contributed by atoms with E-state index in [-0.39, 0.29) is 36.2 Å². The molecule has 0 radical (unpaired) electrons. The van der Waals surface area contributed by atoms with Crippen LogP contribution in [0.15, 0.2) is 12.1 Å². The molecule has 2 heterocycles. The highest BCUT2D eigenvalue weighted by molar-refractivity contribution is 7.85. The van der Waals surface area contributed by atoms with Crippen molar-refractivity contribution < 1.29 is 27.6 Å². The molecule has 0 amide bonds. The smallest absolute Gasteiger partial charge is 0.266 e. The van der Waals surface area contributed by atoms with Gasteiger partial charge in [0, 0.05) is 31.3 Å². The molecule has 29 heavy (non-hydrogen) atoms. The first-order valence-corrected chi connectivity index (χ1v) is 11.8. The van der Waals surface area contributed by atoms with Crippen molar-refractivity contribution in [1.29, 1.82) is 0 Å². The minimum absolute atomic E-state index is 0.0955. The van der Waals surface area contributed by atoms with Gasteiger partial charge in [-0.25, -0.2) is 0 Å². The molecule has 2 aliphatic heterocycles. The largest absolute Gasteiger partial charge is 0.504 e. The van der Waals surface area contributed by atoms with E-state index in [0.29, 0.717) is 5.75 Å². The van der Waals surface area contributed by atoms with Crippen LogP contribution in [0.2, 0.25) is 0 Å². The van der Waals surface area contributed by atoms with Crippen LogP contribution in [0.5, 0.6) is 11.5 Å². The molecule has 0 aromatic heterocycles. The number of piperidine rings is 1. The molecule has 1 spiro atoms. The van der Waals surface area contributed by atoms with Crippen molar-refractivity contribution in [2.24, 2.45) is 0 Å². The van der Waals surface area contributed by atoms with Crippen LogP contribution in [0.1, 0.15) is 30.4 Å². The van der Waals surface area contributed by atoms with Crippen LogP contribution in [-0.4, -0.2) is 79.8 Å². The molecule has 3 N–H and O–H groups in total. The summed E-state index contributed by atoms with van der Waals surface area (Å²) >= 11 is 0. The maximum absolute atomic E-state index is 11.2. The molecule has 9 heteroatoms. The minimum Gasteiger partial charge on any atom is -0.504 e. The highest BCUT2D eigenvalue weighted by Gasteiger charge is 2.73. The highest BCUT2D eigenvalue weighted by atomic mass is 32.2. The van der Waals surface area contributed by atoms with Crippen LogP contribution < -0.4 is 10.1 Å². The Bertz CT molecular complexity index is 953. The zero-order valence-electron chi connectivity index (χ0n) is 16.7. The second-order valence-electron chi connectivity index (χ2n) is 8.89.